The predicted octanol–water partition coefficient (Wildman–Crippen LogP) is 2.78. The van der Waals surface area contributed by atoms with Crippen LogP contribution >= 0.6 is 22.6 Å². The van der Waals surface area contributed by atoms with Crippen LogP contribution in [0.3, 0.4) is 0 Å². The Kier molecular flexibility index (Phi) is 4.83. The predicted molar refractivity (Wildman–Crippen MR) is 83.0 cm³/mol. The molecule has 0 heterocycles. The summed E-state index contributed by atoms with van der Waals surface area (Å²) in [5, 5.41) is 9.08. The van der Waals surface area contributed by atoms with Crippen LogP contribution in [0.2, 0.25) is 0 Å². The lowest BCUT2D eigenvalue weighted by Crippen LogP contribution is -2.26. The summed E-state index contributed by atoms with van der Waals surface area (Å²) in [6.07, 6.45) is 0. The molecular formula is C12H16INO4S. The summed E-state index contributed by atoms with van der Waals surface area (Å²) in [6, 6.07) is 4.55. The van der Waals surface area contributed by atoms with Crippen molar-refractivity contribution >= 4 is 44.3 Å². The second-order valence-corrected chi connectivity index (χ2v) is 8.38. The molecule has 0 aromatic heterocycles. The first-order chi connectivity index (χ1) is 8.50. The normalized spacial score (nSPS) is 12.2. The van der Waals surface area contributed by atoms with Crippen molar-refractivity contribution in [3.8, 4) is 0 Å². The standard InChI is InChI=1S/C12H16INO4S/c1-12(2,3)7-19(17,18)14-10-5-4-8(13)6-9(10)11(15)16/h4-6,14H,7H2,1-3H3,(H,15,16). The lowest BCUT2D eigenvalue weighted by atomic mass is 10.0. The Morgan fingerprint density at radius 3 is 2.42 bits per heavy atom. The van der Waals surface area contributed by atoms with Crippen LogP contribution in [-0.4, -0.2) is 25.2 Å². The van der Waals surface area contributed by atoms with Crippen molar-refractivity contribution < 1.29 is 18.3 Å². The first kappa shape index (κ1) is 16.2. The molecule has 0 aliphatic carbocycles. The molecule has 5 nitrogen and oxygen atoms in total. The molecule has 19 heavy (non-hydrogen) atoms. The van der Waals surface area contributed by atoms with Crippen molar-refractivity contribution in [2.75, 3.05) is 10.5 Å². The number of sulfonamides is 1. The zero-order valence-corrected chi connectivity index (χ0v) is 13.9. The Hall–Kier alpha value is -0.830. The SMILES string of the molecule is CC(C)(C)CS(=O)(=O)Nc1ccc(I)cc1C(=O)O. The number of hydrogen-bond acceptors (Lipinski definition) is 3. The molecule has 1 rings (SSSR count). The number of anilines is 1. The maximum atomic E-state index is 12.0. The van der Waals surface area contributed by atoms with Crippen LogP contribution < -0.4 is 4.72 Å². The van der Waals surface area contributed by atoms with Gasteiger partial charge in [-0.15, -0.1) is 0 Å². The second-order valence-electron chi connectivity index (χ2n) is 5.42. The molecule has 0 fully saturated rings. The van der Waals surface area contributed by atoms with E-state index in [0.717, 1.165) is 3.57 Å². The summed E-state index contributed by atoms with van der Waals surface area (Å²) in [6.45, 7) is 5.41. The Labute approximate surface area is 126 Å². The van der Waals surface area contributed by atoms with Gasteiger partial charge in [0.05, 0.1) is 17.0 Å². The monoisotopic (exact) mass is 397 g/mol. The Bertz CT molecular complexity index is 590. The van der Waals surface area contributed by atoms with Gasteiger partial charge in [0.15, 0.2) is 0 Å². The van der Waals surface area contributed by atoms with E-state index in [0.29, 0.717) is 0 Å². The molecule has 0 aliphatic rings. The van der Waals surface area contributed by atoms with Gasteiger partial charge in [0.1, 0.15) is 0 Å². The van der Waals surface area contributed by atoms with E-state index in [1.807, 2.05) is 22.6 Å². The van der Waals surface area contributed by atoms with E-state index < -0.39 is 21.4 Å². The average molecular weight is 397 g/mol. The third-order valence-corrected chi connectivity index (χ3v) is 4.55. The van der Waals surface area contributed by atoms with Gasteiger partial charge >= 0.3 is 5.97 Å². The quantitative estimate of drug-likeness (QED) is 0.766. The molecule has 0 spiro atoms. The highest BCUT2D eigenvalue weighted by molar-refractivity contribution is 14.1. The highest BCUT2D eigenvalue weighted by atomic mass is 127. The number of halogens is 1. The zero-order valence-electron chi connectivity index (χ0n) is 10.9. The molecule has 2 N–H and O–H groups in total. The number of carboxylic acid groups (broad SMARTS) is 1. The van der Waals surface area contributed by atoms with Crippen LogP contribution in [0.5, 0.6) is 0 Å². The minimum atomic E-state index is -3.58. The van der Waals surface area contributed by atoms with Crippen molar-refractivity contribution in [1.29, 1.82) is 0 Å². The number of benzene rings is 1. The summed E-state index contributed by atoms with van der Waals surface area (Å²) in [4.78, 5) is 11.1. The van der Waals surface area contributed by atoms with E-state index in [-0.39, 0.29) is 17.0 Å². The fraction of sp³-hybridized carbons (Fsp3) is 0.417. The lowest BCUT2D eigenvalue weighted by molar-refractivity contribution is 0.0698. The number of hydrogen-bond donors (Lipinski definition) is 2. The van der Waals surface area contributed by atoms with Gasteiger partial charge in [-0.05, 0) is 46.2 Å². The topological polar surface area (TPSA) is 83.5 Å². The van der Waals surface area contributed by atoms with Gasteiger partial charge in [-0.25, -0.2) is 13.2 Å². The molecule has 0 amide bonds. The first-order valence-corrected chi connectivity index (χ1v) is 8.27. The molecular weight excluding hydrogens is 381 g/mol. The Morgan fingerprint density at radius 1 is 1.37 bits per heavy atom. The highest BCUT2D eigenvalue weighted by Gasteiger charge is 2.23. The third-order valence-electron chi connectivity index (χ3n) is 2.10. The smallest absolute Gasteiger partial charge is 0.337 e. The second kappa shape index (κ2) is 5.66. The molecule has 7 heteroatoms. The van der Waals surface area contributed by atoms with Crippen LogP contribution in [0.4, 0.5) is 5.69 Å². The molecule has 0 radical (unpaired) electrons. The molecule has 0 saturated heterocycles. The Balaban J connectivity index is 3.10. The molecule has 1 aromatic carbocycles. The summed E-state index contributed by atoms with van der Waals surface area (Å²) in [7, 11) is -3.58. The van der Waals surface area contributed by atoms with Gasteiger partial charge in [0.25, 0.3) is 0 Å². The average Bonchev–Trinajstić information content (AvgIpc) is 2.16. The van der Waals surface area contributed by atoms with Crippen LogP contribution in [0.1, 0.15) is 31.1 Å². The lowest BCUT2D eigenvalue weighted by Gasteiger charge is -2.19. The zero-order chi connectivity index (χ0) is 14.8. The van der Waals surface area contributed by atoms with Crippen molar-refractivity contribution in [3.05, 3.63) is 27.3 Å². The van der Waals surface area contributed by atoms with E-state index in [1.54, 1.807) is 26.8 Å². The van der Waals surface area contributed by atoms with Crippen molar-refractivity contribution in [2.45, 2.75) is 20.8 Å². The van der Waals surface area contributed by atoms with Crippen molar-refractivity contribution in [3.63, 3.8) is 0 Å². The maximum Gasteiger partial charge on any atom is 0.337 e. The molecule has 106 valence electrons. The van der Waals surface area contributed by atoms with E-state index in [1.165, 1.54) is 12.1 Å². The van der Waals surface area contributed by atoms with Gasteiger partial charge in [-0.2, -0.15) is 0 Å². The van der Waals surface area contributed by atoms with E-state index in [4.69, 9.17) is 5.11 Å². The number of rotatable bonds is 4. The third kappa shape index (κ3) is 5.35. The minimum absolute atomic E-state index is 0.0515. The van der Waals surface area contributed by atoms with Gasteiger partial charge in [0, 0.05) is 3.57 Å². The van der Waals surface area contributed by atoms with Crippen molar-refractivity contribution in [1.82, 2.24) is 0 Å². The molecule has 0 aliphatic heterocycles. The number of aromatic carboxylic acids is 1. The van der Waals surface area contributed by atoms with E-state index >= 15 is 0 Å². The molecule has 0 bridgehead atoms. The number of nitrogens with one attached hydrogen (secondary N) is 1. The molecule has 0 unspecified atom stereocenters. The highest BCUT2D eigenvalue weighted by Crippen LogP contribution is 2.23. The molecule has 1 aromatic rings. The van der Waals surface area contributed by atoms with Gasteiger partial charge in [0.2, 0.25) is 10.0 Å². The maximum absolute atomic E-state index is 12.0. The van der Waals surface area contributed by atoms with Crippen molar-refractivity contribution in [2.24, 2.45) is 5.41 Å². The summed E-state index contributed by atoms with van der Waals surface area (Å²) in [5.74, 6) is -1.24. The van der Waals surface area contributed by atoms with E-state index in [2.05, 4.69) is 4.72 Å². The number of carbonyl (C=O) groups is 1. The van der Waals surface area contributed by atoms with Crippen LogP contribution in [0, 0.1) is 8.99 Å². The molecule has 0 saturated carbocycles. The summed E-state index contributed by atoms with van der Waals surface area (Å²) >= 11 is 1.97. The molecule has 0 atom stereocenters. The fourth-order valence-electron chi connectivity index (χ4n) is 1.56. The number of carboxylic acids is 1. The van der Waals surface area contributed by atoms with Gasteiger partial charge < -0.3 is 5.11 Å². The summed E-state index contributed by atoms with van der Waals surface area (Å²) in [5.41, 5.74) is -0.361. The van der Waals surface area contributed by atoms with E-state index in [9.17, 15) is 13.2 Å². The fourth-order valence-corrected chi connectivity index (χ4v) is 3.77. The van der Waals surface area contributed by atoms with Gasteiger partial charge in [-0.1, -0.05) is 20.8 Å². The van der Waals surface area contributed by atoms with Crippen LogP contribution in [-0.2, 0) is 10.0 Å². The van der Waals surface area contributed by atoms with Crippen LogP contribution in [0.15, 0.2) is 18.2 Å². The van der Waals surface area contributed by atoms with Gasteiger partial charge in [-0.3, -0.25) is 4.72 Å². The largest absolute Gasteiger partial charge is 0.478 e. The summed E-state index contributed by atoms with van der Waals surface area (Å²) < 4.78 is 27.0. The first-order valence-electron chi connectivity index (χ1n) is 5.53. The minimum Gasteiger partial charge on any atom is -0.478 e. The Morgan fingerprint density at radius 2 is 1.95 bits per heavy atom. The van der Waals surface area contributed by atoms with Crippen LogP contribution in [0.25, 0.3) is 0 Å².